The van der Waals surface area contributed by atoms with E-state index >= 15 is 0 Å². The predicted molar refractivity (Wildman–Crippen MR) is 123 cm³/mol. The number of carbonyl (C=O) groups excluding carboxylic acids is 2. The van der Waals surface area contributed by atoms with E-state index in [0.717, 1.165) is 0 Å². The summed E-state index contributed by atoms with van der Waals surface area (Å²) in [7, 11) is -3.66. The van der Waals surface area contributed by atoms with E-state index in [0.29, 0.717) is 55.1 Å². The number of amides is 2. The van der Waals surface area contributed by atoms with Crippen LogP contribution in [-0.4, -0.2) is 53.6 Å². The second kappa shape index (κ2) is 10.3. The van der Waals surface area contributed by atoms with Crippen molar-refractivity contribution in [3.8, 4) is 0 Å². The topological polar surface area (TPSA) is 141 Å². The van der Waals surface area contributed by atoms with Crippen molar-refractivity contribution in [1.29, 1.82) is 0 Å². The molecule has 0 saturated carbocycles. The molecule has 0 spiro atoms. The van der Waals surface area contributed by atoms with Crippen LogP contribution in [0.5, 0.6) is 0 Å². The Morgan fingerprint density at radius 2 is 1.79 bits per heavy atom. The summed E-state index contributed by atoms with van der Waals surface area (Å²) < 4.78 is 27.2. The molecule has 1 aliphatic heterocycles. The summed E-state index contributed by atoms with van der Waals surface area (Å²) in [4.78, 5) is 42.6. The van der Waals surface area contributed by atoms with Crippen LogP contribution in [0.1, 0.15) is 43.3 Å². The molecule has 33 heavy (non-hydrogen) atoms. The van der Waals surface area contributed by atoms with Crippen molar-refractivity contribution in [3.63, 3.8) is 0 Å². The molecule has 3 N–H and O–H groups in total. The molecule has 2 aromatic rings. The van der Waals surface area contributed by atoms with E-state index in [1.165, 1.54) is 23.4 Å². The summed E-state index contributed by atoms with van der Waals surface area (Å²) in [6, 6.07) is 5.92. The van der Waals surface area contributed by atoms with Gasteiger partial charge in [-0.25, -0.2) is 13.4 Å². The molecule has 178 valence electrons. The Labute approximate surface area is 192 Å². The van der Waals surface area contributed by atoms with Gasteiger partial charge in [0.1, 0.15) is 5.82 Å². The van der Waals surface area contributed by atoms with E-state index < -0.39 is 10.0 Å². The lowest BCUT2D eigenvalue weighted by atomic mass is 10.1. The van der Waals surface area contributed by atoms with Gasteiger partial charge in [0, 0.05) is 49.4 Å². The van der Waals surface area contributed by atoms with E-state index in [9.17, 15) is 22.8 Å². The van der Waals surface area contributed by atoms with Crippen LogP contribution >= 0.6 is 0 Å². The molecular weight excluding hydrogens is 446 g/mol. The monoisotopic (exact) mass is 475 g/mol. The highest BCUT2D eigenvalue weighted by Crippen LogP contribution is 2.22. The van der Waals surface area contributed by atoms with Crippen LogP contribution in [0.4, 0.5) is 5.69 Å². The second-order valence-electron chi connectivity index (χ2n) is 8.17. The molecule has 0 unspecified atom stereocenters. The first-order valence-electron chi connectivity index (χ1n) is 10.8. The molecular formula is C22H29N5O5S. The molecule has 0 bridgehead atoms. The van der Waals surface area contributed by atoms with Gasteiger partial charge < -0.3 is 15.6 Å². The number of aromatic amines is 1. The quantitative estimate of drug-likeness (QED) is 0.550. The van der Waals surface area contributed by atoms with Crippen LogP contribution in [0.2, 0.25) is 0 Å². The van der Waals surface area contributed by atoms with Gasteiger partial charge in [-0.1, -0.05) is 0 Å². The molecule has 11 heteroatoms. The zero-order valence-electron chi connectivity index (χ0n) is 19.0. The van der Waals surface area contributed by atoms with Crippen molar-refractivity contribution >= 4 is 27.5 Å². The van der Waals surface area contributed by atoms with Gasteiger partial charge in [0.2, 0.25) is 21.8 Å². The number of hydrogen-bond acceptors (Lipinski definition) is 6. The second-order valence-corrected chi connectivity index (χ2v) is 10.1. The summed E-state index contributed by atoms with van der Waals surface area (Å²) in [5.41, 5.74) is 1.42. The summed E-state index contributed by atoms with van der Waals surface area (Å²) in [6.07, 6.45) is 1.46. The Kier molecular flexibility index (Phi) is 7.65. The third-order valence-corrected chi connectivity index (χ3v) is 7.49. The smallest absolute Gasteiger partial charge is 0.254 e. The number of aromatic nitrogens is 2. The van der Waals surface area contributed by atoms with E-state index in [4.69, 9.17) is 0 Å². The van der Waals surface area contributed by atoms with Gasteiger partial charge in [-0.05, 0) is 57.4 Å². The standard InChI is InChI=1S/C22H29N5O5S/c1-14-20(22(30)24-15(2)23-14)8-9-21(29)26-18-10-12-27(13-11-18)33(31,32)19-6-4-17(5-7-19)25-16(3)28/h4-7,18H,8-13H2,1-3H3,(H,25,28)(H,26,29)(H,23,24,30). The van der Waals surface area contributed by atoms with Crippen LogP contribution in [0.25, 0.3) is 0 Å². The van der Waals surface area contributed by atoms with Crippen molar-refractivity contribution in [3.05, 3.63) is 51.7 Å². The molecule has 2 heterocycles. The third kappa shape index (κ3) is 6.26. The van der Waals surface area contributed by atoms with E-state index in [-0.39, 0.29) is 34.7 Å². The molecule has 1 aromatic carbocycles. The van der Waals surface area contributed by atoms with Gasteiger partial charge in [0.15, 0.2) is 0 Å². The minimum absolute atomic E-state index is 0.124. The predicted octanol–water partition coefficient (Wildman–Crippen LogP) is 1.25. The van der Waals surface area contributed by atoms with E-state index in [1.807, 2.05) is 0 Å². The lowest BCUT2D eigenvalue weighted by molar-refractivity contribution is -0.122. The van der Waals surface area contributed by atoms with E-state index in [1.54, 1.807) is 26.0 Å². The van der Waals surface area contributed by atoms with Gasteiger partial charge in [-0.15, -0.1) is 0 Å². The van der Waals surface area contributed by atoms with Gasteiger partial charge >= 0.3 is 0 Å². The molecule has 0 aliphatic carbocycles. The molecule has 3 rings (SSSR count). The van der Waals surface area contributed by atoms with Crippen molar-refractivity contribution in [2.75, 3.05) is 18.4 Å². The van der Waals surface area contributed by atoms with Crippen LogP contribution in [-0.2, 0) is 26.0 Å². The molecule has 0 atom stereocenters. The molecule has 1 saturated heterocycles. The van der Waals surface area contributed by atoms with Crippen LogP contribution in [0, 0.1) is 13.8 Å². The van der Waals surface area contributed by atoms with Crippen molar-refractivity contribution < 1.29 is 18.0 Å². The SMILES string of the molecule is CC(=O)Nc1ccc(S(=O)(=O)N2CCC(NC(=O)CCc3c(C)nc(C)[nH]c3=O)CC2)cc1. The number of hydrogen-bond donors (Lipinski definition) is 3. The lowest BCUT2D eigenvalue weighted by Gasteiger charge is -2.31. The third-order valence-electron chi connectivity index (χ3n) is 5.57. The zero-order valence-corrected chi connectivity index (χ0v) is 19.8. The number of benzene rings is 1. The van der Waals surface area contributed by atoms with Crippen LogP contribution < -0.4 is 16.2 Å². The number of aryl methyl sites for hydroxylation is 2. The summed E-state index contributed by atoms with van der Waals surface area (Å²) in [6.45, 7) is 5.42. The van der Waals surface area contributed by atoms with Gasteiger partial charge in [0.25, 0.3) is 5.56 Å². The van der Waals surface area contributed by atoms with Crippen molar-refractivity contribution in [1.82, 2.24) is 19.6 Å². The summed E-state index contributed by atoms with van der Waals surface area (Å²) >= 11 is 0. The number of rotatable bonds is 7. The molecule has 1 aromatic heterocycles. The highest BCUT2D eigenvalue weighted by molar-refractivity contribution is 7.89. The number of nitrogens with one attached hydrogen (secondary N) is 3. The number of piperidine rings is 1. The summed E-state index contributed by atoms with van der Waals surface area (Å²) in [5.74, 6) is 0.132. The molecule has 2 amide bonds. The minimum Gasteiger partial charge on any atom is -0.353 e. The van der Waals surface area contributed by atoms with Crippen LogP contribution in [0.15, 0.2) is 34.0 Å². The van der Waals surface area contributed by atoms with E-state index in [2.05, 4.69) is 20.6 Å². The fourth-order valence-corrected chi connectivity index (χ4v) is 5.36. The van der Waals surface area contributed by atoms with Crippen LogP contribution in [0.3, 0.4) is 0 Å². The van der Waals surface area contributed by atoms with Crippen molar-refractivity contribution in [2.45, 2.75) is 57.4 Å². The maximum Gasteiger partial charge on any atom is 0.254 e. The average Bonchev–Trinajstić information content (AvgIpc) is 2.73. The maximum atomic E-state index is 12.9. The van der Waals surface area contributed by atoms with Gasteiger partial charge in [-0.2, -0.15) is 4.31 Å². The Morgan fingerprint density at radius 1 is 1.15 bits per heavy atom. The Bertz CT molecular complexity index is 1180. The Balaban J connectivity index is 1.51. The number of sulfonamides is 1. The first-order chi connectivity index (χ1) is 15.6. The fraction of sp³-hybridized carbons (Fsp3) is 0.455. The molecule has 1 fully saturated rings. The summed E-state index contributed by atoms with van der Waals surface area (Å²) in [5, 5.41) is 5.55. The average molecular weight is 476 g/mol. The zero-order chi connectivity index (χ0) is 24.2. The number of carbonyl (C=O) groups is 2. The van der Waals surface area contributed by atoms with Gasteiger partial charge in [-0.3, -0.25) is 14.4 Å². The first kappa shape index (κ1) is 24.6. The first-order valence-corrected chi connectivity index (χ1v) is 12.2. The minimum atomic E-state index is -3.66. The Morgan fingerprint density at radius 3 is 2.36 bits per heavy atom. The molecule has 1 aliphatic rings. The largest absolute Gasteiger partial charge is 0.353 e. The van der Waals surface area contributed by atoms with Crippen molar-refractivity contribution in [2.24, 2.45) is 0 Å². The maximum absolute atomic E-state index is 12.9. The number of anilines is 1. The molecule has 0 radical (unpaired) electrons. The highest BCUT2D eigenvalue weighted by atomic mass is 32.2. The molecule has 10 nitrogen and oxygen atoms in total. The van der Waals surface area contributed by atoms with Gasteiger partial charge in [0.05, 0.1) is 4.90 Å². The number of nitrogens with zero attached hydrogens (tertiary/aromatic N) is 2. The normalized spacial score (nSPS) is 15.2. The lowest BCUT2D eigenvalue weighted by Crippen LogP contribution is -2.46. The fourth-order valence-electron chi connectivity index (χ4n) is 3.89. The number of H-pyrrole nitrogens is 1. The Hall–Kier alpha value is -3.05. The highest BCUT2D eigenvalue weighted by Gasteiger charge is 2.30.